The summed E-state index contributed by atoms with van der Waals surface area (Å²) in [4.78, 5) is 22.8. The Morgan fingerprint density at radius 2 is 2.00 bits per heavy atom. The number of carbonyl (C=O) groups excluding carboxylic acids is 1. The quantitative estimate of drug-likeness (QED) is 0.803. The molecular weight excluding hydrogens is 288 g/mol. The Hall–Kier alpha value is -2.79. The maximum Gasteiger partial charge on any atom is 0.255 e. The van der Waals surface area contributed by atoms with Crippen molar-refractivity contribution < 1.29 is 4.79 Å². The number of hydrogen-bond donors (Lipinski definition) is 1. The van der Waals surface area contributed by atoms with E-state index in [1.807, 2.05) is 42.5 Å². The van der Waals surface area contributed by atoms with Gasteiger partial charge in [-0.3, -0.25) is 14.8 Å². The summed E-state index contributed by atoms with van der Waals surface area (Å²) in [5, 5.41) is 0.892. The lowest BCUT2D eigenvalue weighted by Crippen LogP contribution is -2.35. The molecule has 5 heteroatoms. The molecule has 0 radical (unpaired) electrons. The van der Waals surface area contributed by atoms with Crippen LogP contribution in [0.1, 0.15) is 22.0 Å². The molecule has 3 rings (SSSR count). The standard InChI is InChI=1S/C18H18N4O/c1-22(17(10-19)13-5-3-2-4-6-13)18(23)15-9-14-7-8-20-12-16(14)21-11-15/h2-9,11-12,17H,10,19H2,1H3. The number of carbonyl (C=O) groups is 1. The van der Waals surface area contributed by atoms with Crippen molar-refractivity contribution in [3.05, 3.63) is 72.2 Å². The number of hydrogen-bond acceptors (Lipinski definition) is 4. The maximum atomic E-state index is 12.8. The Morgan fingerprint density at radius 3 is 2.74 bits per heavy atom. The number of rotatable bonds is 4. The lowest BCUT2D eigenvalue weighted by molar-refractivity contribution is 0.0735. The highest BCUT2D eigenvalue weighted by Gasteiger charge is 2.21. The van der Waals surface area contributed by atoms with E-state index in [1.165, 1.54) is 0 Å². The molecule has 1 atom stereocenters. The van der Waals surface area contributed by atoms with Crippen molar-refractivity contribution in [1.82, 2.24) is 14.9 Å². The van der Waals surface area contributed by atoms with Gasteiger partial charge in [-0.1, -0.05) is 30.3 Å². The average molecular weight is 306 g/mol. The van der Waals surface area contributed by atoms with Crippen molar-refractivity contribution in [3.63, 3.8) is 0 Å². The highest BCUT2D eigenvalue weighted by Crippen LogP contribution is 2.21. The molecule has 1 aromatic carbocycles. The monoisotopic (exact) mass is 306 g/mol. The van der Waals surface area contributed by atoms with E-state index >= 15 is 0 Å². The molecule has 0 spiro atoms. The molecule has 0 saturated heterocycles. The predicted octanol–water partition coefficient (Wildman–Crippen LogP) is 2.40. The number of likely N-dealkylation sites (N-methyl/N-ethyl adjacent to an activating group) is 1. The zero-order chi connectivity index (χ0) is 16.2. The van der Waals surface area contributed by atoms with Crippen LogP contribution < -0.4 is 5.73 Å². The largest absolute Gasteiger partial charge is 0.333 e. The third-order valence-electron chi connectivity index (χ3n) is 3.93. The third kappa shape index (κ3) is 3.05. The van der Waals surface area contributed by atoms with Gasteiger partial charge in [-0.2, -0.15) is 0 Å². The minimum absolute atomic E-state index is 0.101. The lowest BCUT2D eigenvalue weighted by Gasteiger charge is -2.27. The van der Waals surface area contributed by atoms with E-state index in [4.69, 9.17) is 5.73 Å². The zero-order valence-electron chi connectivity index (χ0n) is 12.9. The minimum atomic E-state index is -0.170. The van der Waals surface area contributed by atoms with Gasteiger partial charge in [0.15, 0.2) is 0 Å². The van der Waals surface area contributed by atoms with Crippen LogP contribution in [0.3, 0.4) is 0 Å². The molecule has 2 N–H and O–H groups in total. The molecule has 0 aliphatic carbocycles. The van der Waals surface area contributed by atoms with Gasteiger partial charge in [0.1, 0.15) is 0 Å². The van der Waals surface area contributed by atoms with E-state index in [0.717, 1.165) is 16.5 Å². The van der Waals surface area contributed by atoms with Crippen molar-refractivity contribution in [1.29, 1.82) is 0 Å². The van der Waals surface area contributed by atoms with E-state index < -0.39 is 0 Å². The van der Waals surface area contributed by atoms with Gasteiger partial charge in [-0.15, -0.1) is 0 Å². The molecular formula is C18H18N4O. The summed E-state index contributed by atoms with van der Waals surface area (Å²) in [7, 11) is 1.77. The first-order chi connectivity index (χ1) is 11.2. The second-order valence-corrected chi connectivity index (χ2v) is 5.37. The van der Waals surface area contributed by atoms with Gasteiger partial charge in [-0.25, -0.2) is 0 Å². The topological polar surface area (TPSA) is 72.1 Å². The molecule has 0 bridgehead atoms. The van der Waals surface area contributed by atoms with Crippen molar-refractivity contribution in [2.75, 3.05) is 13.6 Å². The number of fused-ring (bicyclic) bond motifs is 1. The van der Waals surface area contributed by atoms with Gasteiger partial charge in [0.05, 0.1) is 23.3 Å². The molecule has 2 aromatic heterocycles. The molecule has 0 aliphatic heterocycles. The fourth-order valence-electron chi connectivity index (χ4n) is 2.63. The van der Waals surface area contributed by atoms with Crippen molar-refractivity contribution in [2.45, 2.75) is 6.04 Å². The van der Waals surface area contributed by atoms with Crippen LogP contribution in [0.2, 0.25) is 0 Å². The van der Waals surface area contributed by atoms with E-state index in [1.54, 1.807) is 30.5 Å². The smallest absolute Gasteiger partial charge is 0.255 e. The summed E-state index contributed by atoms with van der Waals surface area (Å²) in [5.74, 6) is -0.101. The normalized spacial score (nSPS) is 12.1. The van der Waals surface area contributed by atoms with E-state index in [9.17, 15) is 4.79 Å². The van der Waals surface area contributed by atoms with Crippen molar-refractivity contribution in [3.8, 4) is 0 Å². The van der Waals surface area contributed by atoms with Crippen molar-refractivity contribution >= 4 is 16.8 Å². The van der Waals surface area contributed by atoms with Gasteiger partial charge in [-0.05, 0) is 17.7 Å². The summed E-state index contributed by atoms with van der Waals surface area (Å²) in [6.07, 6.45) is 4.95. The summed E-state index contributed by atoms with van der Waals surface area (Å²) in [6, 6.07) is 13.3. The van der Waals surface area contributed by atoms with E-state index in [0.29, 0.717) is 12.1 Å². The first kappa shape index (κ1) is 15.1. The molecule has 1 amide bonds. The summed E-state index contributed by atoms with van der Waals surface area (Å²) < 4.78 is 0. The second-order valence-electron chi connectivity index (χ2n) is 5.37. The molecule has 3 aromatic rings. The summed E-state index contributed by atoms with van der Waals surface area (Å²) >= 11 is 0. The molecule has 116 valence electrons. The number of nitrogens with zero attached hydrogens (tertiary/aromatic N) is 3. The second kappa shape index (κ2) is 6.54. The average Bonchev–Trinajstić information content (AvgIpc) is 2.62. The van der Waals surface area contributed by atoms with Crippen LogP contribution in [-0.2, 0) is 0 Å². The molecule has 2 heterocycles. The fourth-order valence-corrected chi connectivity index (χ4v) is 2.63. The number of nitrogens with two attached hydrogens (primary N) is 1. The third-order valence-corrected chi connectivity index (χ3v) is 3.93. The number of amides is 1. The minimum Gasteiger partial charge on any atom is -0.333 e. The maximum absolute atomic E-state index is 12.8. The number of aromatic nitrogens is 2. The van der Waals surface area contributed by atoms with Crippen molar-refractivity contribution in [2.24, 2.45) is 5.73 Å². The Balaban J connectivity index is 1.90. The van der Waals surface area contributed by atoms with E-state index in [-0.39, 0.29) is 11.9 Å². The van der Waals surface area contributed by atoms with Crippen LogP contribution >= 0.6 is 0 Å². The highest BCUT2D eigenvalue weighted by atomic mass is 16.2. The molecule has 0 aliphatic rings. The molecule has 23 heavy (non-hydrogen) atoms. The molecule has 1 unspecified atom stereocenters. The molecule has 0 saturated carbocycles. The first-order valence-electron chi connectivity index (χ1n) is 7.42. The van der Waals surface area contributed by atoms with Crippen LogP contribution in [0.5, 0.6) is 0 Å². The van der Waals surface area contributed by atoms with Gasteiger partial charge < -0.3 is 10.6 Å². The van der Waals surface area contributed by atoms with E-state index in [2.05, 4.69) is 9.97 Å². The lowest BCUT2D eigenvalue weighted by atomic mass is 10.0. The Bertz CT molecular complexity index is 819. The summed E-state index contributed by atoms with van der Waals surface area (Å²) in [5.41, 5.74) is 8.22. The van der Waals surface area contributed by atoms with Crippen LogP contribution in [0.4, 0.5) is 0 Å². The van der Waals surface area contributed by atoms with Crippen LogP contribution in [0, 0.1) is 0 Å². The van der Waals surface area contributed by atoms with Crippen LogP contribution in [0.25, 0.3) is 10.9 Å². The Kier molecular flexibility index (Phi) is 4.30. The van der Waals surface area contributed by atoms with Crippen LogP contribution in [-0.4, -0.2) is 34.4 Å². The molecule has 5 nitrogen and oxygen atoms in total. The van der Waals surface area contributed by atoms with Crippen LogP contribution in [0.15, 0.2) is 61.1 Å². The number of benzene rings is 1. The fraction of sp³-hybridized carbons (Fsp3) is 0.167. The van der Waals surface area contributed by atoms with Gasteiger partial charge in [0, 0.05) is 31.4 Å². The van der Waals surface area contributed by atoms with Gasteiger partial charge >= 0.3 is 0 Å². The Morgan fingerprint density at radius 1 is 1.22 bits per heavy atom. The first-order valence-corrected chi connectivity index (χ1v) is 7.42. The molecule has 0 fully saturated rings. The Labute approximate surface area is 134 Å². The summed E-state index contributed by atoms with van der Waals surface area (Å²) in [6.45, 7) is 0.358. The zero-order valence-corrected chi connectivity index (χ0v) is 12.9. The predicted molar refractivity (Wildman–Crippen MR) is 89.9 cm³/mol. The number of pyridine rings is 2. The van der Waals surface area contributed by atoms with Gasteiger partial charge in [0.25, 0.3) is 5.91 Å². The highest BCUT2D eigenvalue weighted by molar-refractivity contribution is 5.97. The van der Waals surface area contributed by atoms with Gasteiger partial charge in [0.2, 0.25) is 0 Å². The SMILES string of the molecule is CN(C(=O)c1cnc2cnccc2c1)C(CN)c1ccccc1.